The highest BCUT2D eigenvalue weighted by Gasteiger charge is 2.07. The summed E-state index contributed by atoms with van der Waals surface area (Å²) in [6.45, 7) is 0. The molecule has 0 saturated carbocycles. The van der Waals surface area contributed by atoms with Crippen molar-refractivity contribution < 1.29 is 4.21 Å². The molecule has 0 aliphatic rings. The molecular weight excluding hydrogens is 324 g/mol. The van der Waals surface area contributed by atoms with Gasteiger partial charge in [0, 0.05) is 10.7 Å². The van der Waals surface area contributed by atoms with E-state index >= 15 is 0 Å². The second kappa shape index (κ2) is 5.62. The quantitative estimate of drug-likeness (QED) is 0.873. The summed E-state index contributed by atoms with van der Waals surface area (Å²) in [5.74, 6) is 0. The Hall–Kier alpha value is -0.910. The Morgan fingerprint density at radius 3 is 2.71 bits per heavy atom. The van der Waals surface area contributed by atoms with E-state index in [1.165, 1.54) is 0 Å². The lowest BCUT2D eigenvalue weighted by Crippen LogP contribution is -2.05. The average molecular weight is 332 g/mol. The number of rotatable bonds is 3. The van der Waals surface area contributed by atoms with Crippen molar-refractivity contribution in [2.24, 2.45) is 0 Å². The van der Waals surface area contributed by atoms with Gasteiger partial charge in [-0.1, -0.05) is 29.8 Å². The molecule has 3 nitrogen and oxygen atoms in total. The van der Waals surface area contributed by atoms with E-state index in [1.807, 2.05) is 18.2 Å². The third-order valence-electron chi connectivity index (χ3n) is 1.97. The van der Waals surface area contributed by atoms with Gasteiger partial charge in [0.15, 0.2) is 5.15 Å². The van der Waals surface area contributed by atoms with Crippen molar-refractivity contribution in [3.8, 4) is 0 Å². The summed E-state index contributed by atoms with van der Waals surface area (Å²) in [4.78, 5) is 4.63. The van der Waals surface area contributed by atoms with Crippen LogP contribution in [-0.4, -0.2) is 9.19 Å². The van der Waals surface area contributed by atoms with Crippen molar-refractivity contribution in [2.45, 2.75) is 4.90 Å². The smallest absolute Gasteiger partial charge is 0.153 e. The first-order chi connectivity index (χ1) is 8.16. The van der Waals surface area contributed by atoms with Crippen LogP contribution in [0.2, 0.25) is 5.15 Å². The lowest BCUT2D eigenvalue weighted by Gasteiger charge is -2.07. The van der Waals surface area contributed by atoms with E-state index in [0.29, 0.717) is 10.6 Å². The van der Waals surface area contributed by atoms with Crippen molar-refractivity contribution in [1.82, 2.24) is 4.98 Å². The number of hydrogen-bond acceptors (Lipinski definition) is 2. The molecule has 1 unspecified atom stereocenters. The molecule has 2 rings (SSSR count). The van der Waals surface area contributed by atoms with Crippen LogP contribution in [0, 0.1) is 0 Å². The molecule has 6 heteroatoms. The number of nitrogens with one attached hydrogen (secondary N) is 1. The van der Waals surface area contributed by atoms with Crippen molar-refractivity contribution >= 4 is 44.2 Å². The minimum atomic E-state index is -1.35. The first-order valence-electron chi connectivity index (χ1n) is 4.71. The largest absolute Gasteiger partial charge is 0.298 e. The van der Waals surface area contributed by atoms with E-state index in [-0.39, 0.29) is 5.15 Å². The van der Waals surface area contributed by atoms with Crippen LogP contribution >= 0.6 is 27.5 Å². The van der Waals surface area contributed by atoms with Gasteiger partial charge in [-0.05, 0) is 34.1 Å². The van der Waals surface area contributed by atoms with E-state index in [1.54, 1.807) is 24.4 Å². The van der Waals surface area contributed by atoms with Crippen molar-refractivity contribution in [1.29, 1.82) is 0 Å². The van der Waals surface area contributed by atoms with E-state index < -0.39 is 11.0 Å². The SMILES string of the molecule is O=S(Nc1cc(Br)cnc1Cl)c1ccccc1. The molecule has 1 atom stereocenters. The van der Waals surface area contributed by atoms with E-state index in [4.69, 9.17) is 11.6 Å². The van der Waals surface area contributed by atoms with Crippen LogP contribution in [0.3, 0.4) is 0 Å². The molecule has 0 fully saturated rings. The van der Waals surface area contributed by atoms with Gasteiger partial charge in [-0.25, -0.2) is 9.19 Å². The summed E-state index contributed by atoms with van der Waals surface area (Å²) in [6.07, 6.45) is 1.58. The number of aromatic nitrogens is 1. The summed E-state index contributed by atoms with van der Waals surface area (Å²) in [5, 5.41) is 0.289. The molecule has 2 aromatic rings. The van der Waals surface area contributed by atoms with Crippen LogP contribution in [-0.2, 0) is 11.0 Å². The number of pyridine rings is 1. The maximum Gasteiger partial charge on any atom is 0.153 e. The third kappa shape index (κ3) is 3.28. The Labute approximate surface area is 115 Å². The van der Waals surface area contributed by atoms with Gasteiger partial charge < -0.3 is 0 Å². The highest BCUT2D eigenvalue weighted by molar-refractivity contribution is 9.10. The molecule has 0 radical (unpaired) electrons. The van der Waals surface area contributed by atoms with Gasteiger partial charge in [0.2, 0.25) is 0 Å². The first kappa shape index (κ1) is 12.5. The van der Waals surface area contributed by atoms with E-state index in [9.17, 15) is 4.21 Å². The van der Waals surface area contributed by atoms with Gasteiger partial charge in [-0.15, -0.1) is 0 Å². The fraction of sp³-hybridized carbons (Fsp3) is 0. The highest BCUT2D eigenvalue weighted by atomic mass is 79.9. The Morgan fingerprint density at radius 1 is 1.29 bits per heavy atom. The molecule has 0 spiro atoms. The average Bonchev–Trinajstić information content (AvgIpc) is 2.35. The van der Waals surface area contributed by atoms with Crippen molar-refractivity contribution in [2.75, 3.05) is 4.72 Å². The van der Waals surface area contributed by atoms with Gasteiger partial charge in [-0.2, -0.15) is 0 Å². The fourth-order valence-corrected chi connectivity index (χ4v) is 2.61. The molecular formula is C11H8BrClN2OS. The highest BCUT2D eigenvalue weighted by Crippen LogP contribution is 2.24. The summed E-state index contributed by atoms with van der Waals surface area (Å²) in [7, 11) is -1.35. The predicted molar refractivity (Wildman–Crippen MR) is 73.4 cm³/mol. The zero-order valence-electron chi connectivity index (χ0n) is 8.56. The monoisotopic (exact) mass is 330 g/mol. The number of benzene rings is 1. The van der Waals surface area contributed by atoms with Crippen molar-refractivity contribution in [3.05, 3.63) is 52.2 Å². The van der Waals surface area contributed by atoms with E-state index in [2.05, 4.69) is 25.6 Å². The van der Waals surface area contributed by atoms with Gasteiger partial charge in [-0.3, -0.25) is 4.72 Å². The number of nitrogens with zero attached hydrogens (tertiary/aromatic N) is 1. The maximum atomic E-state index is 12.0. The molecule has 1 N–H and O–H groups in total. The van der Waals surface area contributed by atoms with Crippen LogP contribution in [0.25, 0.3) is 0 Å². The topological polar surface area (TPSA) is 42.0 Å². The lowest BCUT2D eigenvalue weighted by atomic mass is 10.4. The Morgan fingerprint density at radius 2 is 2.00 bits per heavy atom. The summed E-state index contributed by atoms with van der Waals surface area (Å²) in [5.41, 5.74) is 0.531. The molecule has 17 heavy (non-hydrogen) atoms. The molecule has 1 heterocycles. The Balaban J connectivity index is 2.22. The van der Waals surface area contributed by atoms with Gasteiger partial charge in [0.05, 0.1) is 10.6 Å². The number of halogens is 2. The molecule has 1 aromatic carbocycles. The third-order valence-corrected chi connectivity index (χ3v) is 3.81. The van der Waals surface area contributed by atoms with Crippen molar-refractivity contribution in [3.63, 3.8) is 0 Å². The standard InChI is InChI=1S/C11H8BrClN2OS/c12-8-6-10(11(13)14-7-8)15-17(16)9-4-2-1-3-5-9/h1-7,15H. The number of hydrogen-bond donors (Lipinski definition) is 1. The van der Waals surface area contributed by atoms with Gasteiger partial charge in [0.25, 0.3) is 0 Å². The first-order valence-corrected chi connectivity index (χ1v) is 7.03. The van der Waals surface area contributed by atoms with Crippen LogP contribution in [0.4, 0.5) is 5.69 Å². The predicted octanol–water partition coefficient (Wildman–Crippen LogP) is 3.63. The summed E-state index contributed by atoms with van der Waals surface area (Å²) in [6, 6.07) is 10.8. The van der Waals surface area contributed by atoms with Gasteiger partial charge in [0.1, 0.15) is 11.0 Å². The molecule has 0 aliphatic heterocycles. The Kier molecular flexibility index (Phi) is 4.15. The van der Waals surface area contributed by atoms with Crippen LogP contribution in [0.15, 0.2) is 52.0 Å². The minimum absolute atomic E-state index is 0.289. The fourth-order valence-electron chi connectivity index (χ4n) is 1.20. The second-order valence-corrected chi connectivity index (χ2v) is 5.66. The Bertz CT molecular complexity index is 550. The summed E-state index contributed by atoms with van der Waals surface area (Å²) >= 11 is 9.18. The second-order valence-electron chi connectivity index (χ2n) is 3.18. The van der Waals surface area contributed by atoms with Gasteiger partial charge >= 0.3 is 0 Å². The molecule has 0 aliphatic carbocycles. The van der Waals surface area contributed by atoms with Crippen LogP contribution in [0.5, 0.6) is 0 Å². The molecule has 0 amide bonds. The lowest BCUT2D eigenvalue weighted by molar-refractivity contribution is 0.686. The zero-order chi connectivity index (χ0) is 12.3. The minimum Gasteiger partial charge on any atom is -0.298 e. The number of anilines is 1. The normalized spacial score (nSPS) is 12.1. The molecule has 0 bridgehead atoms. The zero-order valence-corrected chi connectivity index (χ0v) is 11.7. The van der Waals surface area contributed by atoms with Crippen LogP contribution < -0.4 is 4.72 Å². The van der Waals surface area contributed by atoms with Crippen LogP contribution in [0.1, 0.15) is 0 Å². The maximum absolute atomic E-state index is 12.0. The summed E-state index contributed by atoms with van der Waals surface area (Å²) < 4.78 is 15.6. The molecule has 0 saturated heterocycles. The molecule has 1 aromatic heterocycles. The molecule has 88 valence electrons. The van der Waals surface area contributed by atoms with E-state index in [0.717, 1.165) is 4.47 Å².